The average Bonchev–Trinajstić information content (AvgIpc) is 3.67. The number of hydrogen-bond donors (Lipinski definition) is 4. The molecule has 46 heavy (non-hydrogen) atoms. The maximum absolute atomic E-state index is 14.6. The molecule has 7 atom stereocenters. The predicted octanol–water partition coefficient (Wildman–Crippen LogP) is 5.02. The van der Waals surface area contributed by atoms with E-state index in [9.17, 15) is 22.4 Å². The number of carbonyl (C=O) groups excluding carboxylic acids is 1. The molecule has 252 valence electrons. The Hall–Kier alpha value is -2.39. The van der Waals surface area contributed by atoms with Crippen molar-refractivity contribution in [2.45, 2.75) is 120 Å². The second-order valence-corrected chi connectivity index (χ2v) is 15.0. The van der Waals surface area contributed by atoms with Crippen LogP contribution in [0, 0.1) is 18.8 Å². The number of aryl methyl sites for hydroxylation is 1. The number of fused-ring (bicyclic) bond motifs is 2. The van der Waals surface area contributed by atoms with E-state index in [0.717, 1.165) is 15.3 Å². The van der Waals surface area contributed by atoms with Gasteiger partial charge in [0.1, 0.15) is 24.6 Å². The summed E-state index contributed by atoms with van der Waals surface area (Å²) in [4.78, 5) is 23.3. The molecule has 2 saturated carbocycles. The molecule has 6 rings (SSSR count). The molecule has 3 aromatic heterocycles. The number of nitrogens with two attached hydrogens (primary N) is 3. The van der Waals surface area contributed by atoms with E-state index in [1.54, 1.807) is 0 Å². The third kappa shape index (κ3) is 6.78. The molecule has 0 spiro atoms. The summed E-state index contributed by atoms with van der Waals surface area (Å²) in [5, 5.41) is 7.64. The first-order chi connectivity index (χ1) is 21.9. The van der Waals surface area contributed by atoms with Crippen LogP contribution in [0.1, 0.15) is 96.5 Å². The summed E-state index contributed by atoms with van der Waals surface area (Å²) in [5.41, 5.74) is 21.7. The Labute approximate surface area is 274 Å². The molecule has 2 fully saturated rings. The van der Waals surface area contributed by atoms with E-state index in [2.05, 4.69) is 15.4 Å². The molecule has 7 N–H and O–H groups in total. The van der Waals surface area contributed by atoms with Crippen LogP contribution in [-0.2, 0) is 24.2 Å². The van der Waals surface area contributed by atoms with Crippen molar-refractivity contribution in [1.82, 2.24) is 25.1 Å². The number of pyridine rings is 1. The number of nitrogens with zero attached hydrogens (tertiary/aromatic N) is 4. The molecule has 0 saturated heterocycles. The van der Waals surface area contributed by atoms with Gasteiger partial charge in [-0.1, -0.05) is 0 Å². The quantitative estimate of drug-likeness (QED) is 0.140. The highest BCUT2D eigenvalue weighted by Gasteiger charge is 2.42. The van der Waals surface area contributed by atoms with Gasteiger partial charge >= 0.3 is 0 Å². The monoisotopic (exact) mass is 684 g/mol. The minimum absolute atomic E-state index is 0.144. The van der Waals surface area contributed by atoms with Gasteiger partial charge in [-0.3, -0.25) is 9.48 Å². The molecule has 9 nitrogen and oxygen atoms in total. The maximum atomic E-state index is 14.6. The van der Waals surface area contributed by atoms with Gasteiger partial charge in [-0.2, -0.15) is 5.10 Å². The Kier molecular flexibility index (Phi) is 9.92. The van der Waals surface area contributed by atoms with Crippen LogP contribution < -0.4 is 22.5 Å². The zero-order chi connectivity index (χ0) is 32.9. The molecule has 3 heterocycles. The normalized spacial score (nSPS) is 29.1. The van der Waals surface area contributed by atoms with Crippen LogP contribution in [0.3, 0.4) is 0 Å². The minimum Gasteiger partial charge on any atom is -0.346 e. The number of aromatic nitrogens is 4. The molecule has 7 unspecified atom stereocenters. The smallest absolute Gasteiger partial charge is 0.282 e. The molecule has 0 aliphatic heterocycles. The number of alkyl halides is 5. The van der Waals surface area contributed by atoms with E-state index in [-0.39, 0.29) is 61.1 Å². The lowest BCUT2D eigenvalue weighted by atomic mass is 9.71. The molecule has 3 aliphatic rings. The van der Waals surface area contributed by atoms with Gasteiger partial charge in [0.25, 0.3) is 6.43 Å². The van der Waals surface area contributed by atoms with Crippen molar-refractivity contribution in [3.63, 3.8) is 0 Å². The van der Waals surface area contributed by atoms with E-state index in [1.807, 2.05) is 13.0 Å². The first kappa shape index (κ1) is 33.5. The van der Waals surface area contributed by atoms with Crippen molar-refractivity contribution >= 4 is 39.2 Å². The van der Waals surface area contributed by atoms with Crippen LogP contribution in [0.25, 0.3) is 10.3 Å². The molecule has 3 aliphatic carbocycles. The van der Waals surface area contributed by atoms with Crippen molar-refractivity contribution in [3.05, 3.63) is 39.3 Å². The molecule has 1 amide bonds. The van der Waals surface area contributed by atoms with Gasteiger partial charge in [0, 0.05) is 40.9 Å². The van der Waals surface area contributed by atoms with E-state index in [1.165, 1.54) is 16.0 Å². The fourth-order valence-electron chi connectivity index (χ4n) is 7.95. The summed E-state index contributed by atoms with van der Waals surface area (Å²) in [7, 11) is 0. The van der Waals surface area contributed by atoms with Gasteiger partial charge < -0.3 is 22.5 Å². The summed E-state index contributed by atoms with van der Waals surface area (Å²) < 4.78 is 58.8. The van der Waals surface area contributed by atoms with Crippen molar-refractivity contribution in [2.24, 2.45) is 29.0 Å². The first-order valence-electron chi connectivity index (χ1n) is 16.0. The van der Waals surface area contributed by atoms with Gasteiger partial charge in [0.15, 0.2) is 5.65 Å². The standard InChI is InChI=1S/C31H41ClF4N8OS/c1-13-40-31-23(46-13)11-19(17-5-6-20(32)25(26(17)37)30(38)39)27(42-31)21(9-14-7-15(33)10-16(34)8-14)41-24(45)12-44-22-4-2-3-18(22)28(43-44)29(35)36/h11,14-17,20-21,25-26,29-30H,2-10,12,37-39H2,1H3,(H,41,45). The highest BCUT2D eigenvalue weighted by atomic mass is 35.5. The summed E-state index contributed by atoms with van der Waals surface area (Å²) in [5.74, 6) is -1.49. The maximum Gasteiger partial charge on any atom is 0.282 e. The highest BCUT2D eigenvalue weighted by Crippen LogP contribution is 2.43. The van der Waals surface area contributed by atoms with Crippen molar-refractivity contribution in [2.75, 3.05) is 0 Å². The topological polar surface area (TPSA) is 151 Å². The zero-order valence-electron chi connectivity index (χ0n) is 25.6. The summed E-state index contributed by atoms with van der Waals surface area (Å²) in [6.45, 7) is 1.60. The van der Waals surface area contributed by atoms with E-state index in [4.69, 9.17) is 33.8 Å². The Bertz CT molecular complexity index is 1560. The molecule has 0 aromatic carbocycles. The van der Waals surface area contributed by atoms with Crippen LogP contribution in [0.4, 0.5) is 17.6 Å². The van der Waals surface area contributed by atoms with Crippen LogP contribution >= 0.6 is 22.9 Å². The zero-order valence-corrected chi connectivity index (χ0v) is 27.2. The second kappa shape index (κ2) is 13.6. The Morgan fingerprint density at radius 3 is 2.57 bits per heavy atom. The number of thiazole rings is 1. The second-order valence-electron chi connectivity index (χ2n) is 13.2. The number of rotatable bonds is 9. The lowest BCUT2D eigenvalue weighted by Crippen LogP contribution is -2.56. The number of nitrogens with one attached hydrogen (secondary N) is 1. The van der Waals surface area contributed by atoms with Crippen LogP contribution in [0.5, 0.6) is 0 Å². The molecule has 0 radical (unpaired) electrons. The summed E-state index contributed by atoms with van der Waals surface area (Å²) in [6, 6.07) is 0.714. The molecule has 15 heteroatoms. The van der Waals surface area contributed by atoms with Crippen LogP contribution in [0.2, 0.25) is 0 Å². The number of hydrogen-bond acceptors (Lipinski definition) is 8. The highest BCUT2D eigenvalue weighted by molar-refractivity contribution is 7.18. The van der Waals surface area contributed by atoms with E-state index >= 15 is 0 Å². The van der Waals surface area contributed by atoms with Crippen molar-refractivity contribution in [1.29, 1.82) is 0 Å². The van der Waals surface area contributed by atoms with Crippen LogP contribution in [0.15, 0.2) is 6.07 Å². The Morgan fingerprint density at radius 1 is 1.13 bits per heavy atom. The Balaban J connectivity index is 1.38. The van der Waals surface area contributed by atoms with Crippen LogP contribution in [-0.4, -0.2) is 55.6 Å². The first-order valence-corrected chi connectivity index (χ1v) is 17.3. The van der Waals surface area contributed by atoms with E-state index < -0.39 is 42.9 Å². The largest absolute Gasteiger partial charge is 0.346 e. The molecule has 3 aromatic rings. The lowest BCUT2D eigenvalue weighted by Gasteiger charge is -2.42. The van der Waals surface area contributed by atoms with Gasteiger partial charge in [-0.25, -0.2) is 27.5 Å². The fraction of sp³-hybridized carbons (Fsp3) is 0.677. The number of halogens is 5. The summed E-state index contributed by atoms with van der Waals surface area (Å²) >= 11 is 8.12. The van der Waals surface area contributed by atoms with Gasteiger partial charge in [-0.15, -0.1) is 22.9 Å². The van der Waals surface area contributed by atoms with E-state index in [0.29, 0.717) is 54.7 Å². The third-order valence-corrected chi connectivity index (χ3v) is 11.4. The SMILES string of the molecule is Cc1nc2nc(C(CC3CC(F)CC(F)C3)NC(=O)Cn3nc(C(F)F)c4c3CCC4)c(C3CCC(Cl)C(C(N)N)C3N)cc2s1. The Morgan fingerprint density at radius 2 is 1.87 bits per heavy atom. The summed E-state index contributed by atoms with van der Waals surface area (Å²) in [6.07, 6.45) is -2.68. The molecular formula is C31H41ClF4N8OS. The number of amides is 1. The van der Waals surface area contributed by atoms with Crippen molar-refractivity contribution in [3.8, 4) is 0 Å². The average molecular weight is 685 g/mol. The van der Waals surface area contributed by atoms with Gasteiger partial charge in [0.05, 0.1) is 27.6 Å². The fourth-order valence-corrected chi connectivity index (χ4v) is 9.23. The minimum atomic E-state index is -2.74. The lowest BCUT2D eigenvalue weighted by molar-refractivity contribution is -0.122. The third-order valence-electron chi connectivity index (χ3n) is 9.94. The van der Waals surface area contributed by atoms with Crippen molar-refractivity contribution < 1.29 is 22.4 Å². The van der Waals surface area contributed by atoms with Gasteiger partial charge in [0.2, 0.25) is 5.91 Å². The molecular weight excluding hydrogens is 644 g/mol. The van der Waals surface area contributed by atoms with Gasteiger partial charge in [-0.05, 0) is 75.8 Å². The predicted molar refractivity (Wildman–Crippen MR) is 169 cm³/mol. The number of carbonyl (C=O) groups is 1. The molecule has 0 bridgehead atoms.